The van der Waals surface area contributed by atoms with Gasteiger partial charge in [-0.2, -0.15) is 0 Å². The molecule has 0 spiro atoms. The predicted octanol–water partition coefficient (Wildman–Crippen LogP) is 6.76. The molecule has 168 valence electrons. The van der Waals surface area contributed by atoms with Crippen LogP contribution in [-0.4, -0.2) is 21.9 Å². The van der Waals surface area contributed by atoms with Crippen molar-refractivity contribution in [2.75, 3.05) is 0 Å². The van der Waals surface area contributed by atoms with Crippen LogP contribution in [0.3, 0.4) is 0 Å². The first kappa shape index (κ1) is 23.5. The third-order valence-corrected chi connectivity index (χ3v) is 8.68. The topological polar surface area (TPSA) is 40.5 Å². The van der Waals surface area contributed by atoms with E-state index in [1.165, 1.54) is 43.3 Å². The Hall–Kier alpha value is -1.12. The van der Waals surface area contributed by atoms with Crippen molar-refractivity contribution in [3.63, 3.8) is 0 Å². The minimum atomic E-state index is -0.663. The van der Waals surface area contributed by atoms with Crippen LogP contribution in [0.25, 0.3) is 0 Å². The predicted molar refractivity (Wildman–Crippen MR) is 127 cm³/mol. The highest BCUT2D eigenvalue weighted by molar-refractivity contribution is 5.36. The molecule has 0 aromatic heterocycles. The maximum Gasteiger partial charge on any atom is 0.0651 e. The molecule has 6 atom stereocenters. The fraction of sp³-hybridized carbons (Fsp3) is 0.714. The minimum Gasteiger partial charge on any atom is -0.393 e. The summed E-state index contributed by atoms with van der Waals surface area (Å²) in [5.74, 6) is 2.08. The van der Waals surface area contributed by atoms with E-state index in [4.69, 9.17) is 0 Å². The van der Waals surface area contributed by atoms with E-state index in [2.05, 4.69) is 51.7 Å². The molecule has 0 heterocycles. The van der Waals surface area contributed by atoms with Crippen molar-refractivity contribution in [3.8, 4) is 0 Å². The molecule has 0 radical (unpaired) electrons. The molecule has 30 heavy (non-hydrogen) atoms. The van der Waals surface area contributed by atoms with Gasteiger partial charge in [-0.05, 0) is 94.0 Å². The molecule has 0 aromatic rings. The molecule has 1 unspecified atom stereocenters. The molecule has 0 saturated heterocycles. The summed E-state index contributed by atoms with van der Waals surface area (Å²) in [6, 6.07) is 0. The Morgan fingerprint density at radius 1 is 1.10 bits per heavy atom. The first-order valence-electron chi connectivity index (χ1n) is 12.2. The lowest BCUT2D eigenvalue weighted by atomic mass is 9.61. The molecule has 3 aliphatic rings. The molecule has 3 fully saturated rings. The lowest BCUT2D eigenvalue weighted by Crippen LogP contribution is -2.35. The maximum absolute atomic E-state index is 10.3. The van der Waals surface area contributed by atoms with Gasteiger partial charge in [-0.1, -0.05) is 62.8 Å². The Kier molecular flexibility index (Phi) is 7.19. The fourth-order valence-electron chi connectivity index (χ4n) is 6.25. The van der Waals surface area contributed by atoms with Gasteiger partial charge in [0.1, 0.15) is 0 Å². The molecule has 3 rings (SSSR count). The van der Waals surface area contributed by atoms with Crippen LogP contribution in [0.5, 0.6) is 0 Å². The molecular formula is C28H44O2. The average Bonchev–Trinajstić information content (AvgIpc) is 3.03. The molecule has 0 aliphatic heterocycles. The van der Waals surface area contributed by atoms with Crippen LogP contribution < -0.4 is 0 Å². The van der Waals surface area contributed by atoms with Crippen molar-refractivity contribution in [1.29, 1.82) is 0 Å². The van der Waals surface area contributed by atoms with Gasteiger partial charge in [0, 0.05) is 5.92 Å². The van der Waals surface area contributed by atoms with Crippen LogP contribution in [-0.2, 0) is 0 Å². The van der Waals surface area contributed by atoms with Crippen LogP contribution >= 0.6 is 0 Å². The van der Waals surface area contributed by atoms with E-state index in [9.17, 15) is 10.2 Å². The highest BCUT2D eigenvalue weighted by atomic mass is 16.3. The second-order valence-electron chi connectivity index (χ2n) is 11.2. The summed E-state index contributed by atoms with van der Waals surface area (Å²) in [6.45, 7) is 15.0. The van der Waals surface area contributed by atoms with E-state index in [0.29, 0.717) is 23.2 Å². The normalized spacial score (nSPS) is 37.7. The molecule has 3 saturated carbocycles. The number of rotatable bonds is 5. The van der Waals surface area contributed by atoms with E-state index in [1.54, 1.807) is 5.57 Å². The maximum atomic E-state index is 10.3. The summed E-state index contributed by atoms with van der Waals surface area (Å²) in [6.07, 6.45) is 18.0. The third kappa shape index (κ3) is 5.02. The van der Waals surface area contributed by atoms with Gasteiger partial charge in [-0.25, -0.2) is 0 Å². The first-order valence-corrected chi connectivity index (χ1v) is 12.2. The Bertz CT molecular complexity index is 719. The number of allylic oxidation sites excluding steroid dienone is 5. The van der Waals surface area contributed by atoms with Crippen LogP contribution in [0.15, 0.2) is 47.6 Å². The number of hydrogen-bond donors (Lipinski definition) is 2. The lowest BCUT2D eigenvalue weighted by molar-refractivity contribution is 0.0436. The van der Waals surface area contributed by atoms with Gasteiger partial charge in [-0.3, -0.25) is 0 Å². The Balaban J connectivity index is 1.75. The molecule has 2 nitrogen and oxygen atoms in total. The summed E-state index contributed by atoms with van der Waals surface area (Å²) in [7, 11) is 0. The second kappa shape index (κ2) is 9.17. The van der Waals surface area contributed by atoms with Gasteiger partial charge in [0.25, 0.3) is 0 Å². The summed E-state index contributed by atoms with van der Waals surface area (Å²) < 4.78 is 0. The zero-order valence-electron chi connectivity index (χ0n) is 20.0. The first-order chi connectivity index (χ1) is 14.0. The van der Waals surface area contributed by atoms with Gasteiger partial charge in [-0.15, -0.1) is 0 Å². The second-order valence-corrected chi connectivity index (χ2v) is 11.2. The number of aliphatic hydroxyl groups excluding tert-OH is 1. The van der Waals surface area contributed by atoms with Crippen LogP contribution in [0.4, 0.5) is 0 Å². The number of fused-ring (bicyclic) bond motifs is 1. The zero-order valence-corrected chi connectivity index (χ0v) is 20.0. The molecular weight excluding hydrogens is 368 g/mol. The van der Waals surface area contributed by atoms with Gasteiger partial charge in [0.2, 0.25) is 0 Å². The van der Waals surface area contributed by atoms with Crippen molar-refractivity contribution in [3.05, 3.63) is 47.6 Å². The van der Waals surface area contributed by atoms with Crippen molar-refractivity contribution in [2.24, 2.45) is 29.1 Å². The molecule has 0 aromatic carbocycles. The highest BCUT2D eigenvalue weighted by Gasteiger charge is 2.50. The van der Waals surface area contributed by atoms with Crippen LogP contribution in [0.1, 0.15) is 86.0 Å². The van der Waals surface area contributed by atoms with Gasteiger partial charge >= 0.3 is 0 Å². The summed E-state index contributed by atoms with van der Waals surface area (Å²) in [4.78, 5) is 0. The third-order valence-electron chi connectivity index (χ3n) is 8.68. The van der Waals surface area contributed by atoms with Crippen molar-refractivity contribution in [2.45, 2.75) is 97.7 Å². The molecule has 2 N–H and O–H groups in total. The van der Waals surface area contributed by atoms with Crippen LogP contribution in [0, 0.1) is 29.1 Å². The Labute approximate surface area is 184 Å². The van der Waals surface area contributed by atoms with E-state index < -0.39 is 5.60 Å². The van der Waals surface area contributed by atoms with Gasteiger partial charge in [0.15, 0.2) is 0 Å². The monoisotopic (exact) mass is 412 g/mol. The Morgan fingerprint density at radius 2 is 1.83 bits per heavy atom. The number of hydrogen-bond acceptors (Lipinski definition) is 2. The molecule has 2 heteroatoms. The molecule has 0 amide bonds. The number of aliphatic hydroxyl groups is 2. The zero-order chi connectivity index (χ0) is 22.1. The minimum absolute atomic E-state index is 0.164. The van der Waals surface area contributed by atoms with Crippen LogP contribution in [0.2, 0.25) is 0 Å². The van der Waals surface area contributed by atoms with Crippen molar-refractivity contribution >= 4 is 0 Å². The highest BCUT2D eigenvalue weighted by Crippen LogP contribution is 2.59. The quantitative estimate of drug-likeness (QED) is 0.490. The summed E-state index contributed by atoms with van der Waals surface area (Å²) >= 11 is 0. The largest absolute Gasteiger partial charge is 0.393 e. The summed E-state index contributed by atoms with van der Waals surface area (Å²) in [5.41, 5.74) is 3.78. The van der Waals surface area contributed by atoms with E-state index in [0.717, 1.165) is 19.3 Å². The average molecular weight is 413 g/mol. The van der Waals surface area contributed by atoms with Gasteiger partial charge < -0.3 is 10.2 Å². The SMILES string of the molecule is C=C1CC[C@H](O)C/C1=C/C=C1\CCC[C@]2(C)[C@@H]([C@H](C)/C=C\C(C)C(C)(C)O)CC[C@@H]12. The Morgan fingerprint density at radius 3 is 2.53 bits per heavy atom. The molecule has 3 aliphatic carbocycles. The standard InChI is InChI=1S/C28H44O2/c1-19-10-14-24(29)18-23(19)13-12-22-8-7-17-28(6)25(15-16-26(22)28)20(2)9-11-21(3)27(4,5)30/h9,11-13,20-21,24-26,29-30H,1,7-8,10,14-18H2,2-6H3/b11-9-,22-12+,23-13-/t20-,21?,24+,25-,26+,28-/m1/s1. The van der Waals surface area contributed by atoms with Crippen molar-refractivity contribution < 1.29 is 10.2 Å². The van der Waals surface area contributed by atoms with Crippen molar-refractivity contribution in [1.82, 2.24) is 0 Å². The van der Waals surface area contributed by atoms with E-state index in [1.807, 2.05) is 13.8 Å². The van der Waals surface area contributed by atoms with Gasteiger partial charge in [0.05, 0.1) is 11.7 Å². The lowest BCUT2D eigenvalue weighted by Gasteiger charge is -2.44. The van der Waals surface area contributed by atoms with E-state index in [-0.39, 0.29) is 12.0 Å². The van der Waals surface area contributed by atoms with E-state index >= 15 is 0 Å². The smallest absolute Gasteiger partial charge is 0.0651 e. The molecule has 0 bridgehead atoms. The fourth-order valence-corrected chi connectivity index (χ4v) is 6.25. The summed E-state index contributed by atoms with van der Waals surface area (Å²) in [5, 5.41) is 20.3.